The molecule has 0 unspecified atom stereocenters. The van der Waals surface area contributed by atoms with E-state index in [4.69, 9.17) is 0 Å². The summed E-state index contributed by atoms with van der Waals surface area (Å²) in [6.07, 6.45) is 3.77. The van der Waals surface area contributed by atoms with Gasteiger partial charge in [0.1, 0.15) is 0 Å². The second kappa shape index (κ2) is 5.14. The van der Waals surface area contributed by atoms with Gasteiger partial charge in [-0.2, -0.15) is 0 Å². The molecule has 0 amide bonds. The highest BCUT2D eigenvalue weighted by Gasteiger charge is 2.50. The zero-order chi connectivity index (χ0) is 14.2. The van der Waals surface area contributed by atoms with Gasteiger partial charge in [-0.1, -0.05) is 60.7 Å². The number of fused-ring (bicyclic) bond motifs is 2. The summed E-state index contributed by atoms with van der Waals surface area (Å²) in [5.74, 6) is 2.27. The fourth-order valence-electron chi connectivity index (χ4n) is 4.62. The van der Waals surface area contributed by atoms with E-state index in [2.05, 4.69) is 30.3 Å². The molecule has 2 saturated carbocycles. The van der Waals surface area contributed by atoms with Crippen LogP contribution in [0.25, 0.3) is 0 Å². The molecule has 4 rings (SSSR count). The molecule has 0 aromatic heterocycles. The van der Waals surface area contributed by atoms with Gasteiger partial charge in [-0.25, -0.2) is 0 Å². The lowest BCUT2D eigenvalue weighted by molar-refractivity contribution is 0.0853. The average Bonchev–Trinajstić information content (AvgIpc) is 3.17. The lowest BCUT2D eigenvalue weighted by atomic mass is 9.72. The number of hydrogen-bond donors (Lipinski definition) is 0. The Labute approximate surface area is 126 Å². The normalized spacial score (nSPS) is 30.5. The molecule has 2 aromatic rings. The number of hydrogen-bond acceptors (Lipinski definition) is 1. The smallest absolute Gasteiger partial charge is 0.166 e. The first-order valence-corrected chi connectivity index (χ1v) is 7.99. The van der Waals surface area contributed by atoms with Crippen molar-refractivity contribution in [2.75, 3.05) is 0 Å². The summed E-state index contributed by atoms with van der Waals surface area (Å²) in [5.41, 5.74) is 2.25. The van der Waals surface area contributed by atoms with E-state index in [0.717, 1.165) is 5.56 Å². The minimum atomic E-state index is 0.188. The molecular weight excluding hydrogens is 256 g/mol. The molecule has 0 heterocycles. The predicted octanol–water partition coefficient (Wildman–Crippen LogP) is 4.70. The van der Waals surface area contributed by atoms with Gasteiger partial charge in [-0.15, -0.1) is 0 Å². The molecule has 2 aliphatic rings. The third-order valence-corrected chi connectivity index (χ3v) is 5.46. The van der Waals surface area contributed by atoms with Gasteiger partial charge in [0.25, 0.3) is 0 Å². The lowest BCUT2D eigenvalue weighted by Crippen LogP contribution is -2.28. The van der Waals surface area contributed by atoms with Crippen molar-refractivity contribution in [3.8, 4) is 0 Å². The zero-order valence-electron chi connectivity index (χ0n) is 12.1. The largest absolute Gasteiger partial charge is 0.294 e. The maximum Gasteiger partial charge on any atom is 0.166 e. The Hall–Kier alpha value is -1.89. The van der Waals surface area contributed by atoms with E-state index in [9.17, 15) is 4.79 Å². The van der Waals surface area contributed by atoms with Crippen molar-refractivity contribution in [2.45, 2.75) is 25.2 Å². The third-order valence-electron chi connectivity index (χ3n) is 5.46. The molecule has 1 nitrogen and oxygen atoms in total. The van der Waals surface area contributed by atoms with Crippen LogP contribution in [0.3, 0.4) is 0 Å². The highest BCUT2D eigenvalue weighted by atomic mass is 16.1. The van der Waals surface area contributed by atoms with E-state index in [-0.39, 0.29) is 5.92 Å². The van der Waals surface area contributed by atoms with Gasteiger partial charge in [0.15, 0.2) is 5.78 Å². The third kappa shape index (κ3) is 2.12. The molecule has 0 aliphatic heterocycles. The van der Waals surface area contributed by atoms with Gasteiger partial charge in [-0.3, -0.25) is 4.79 Å². The Bertz CT molecular complexity index is 631. The summed E-state index contributed by atoms with van der Waals surface area (Å²) in [6.45, 7) is 0. The standard InChI is InChI=1S/C20H20O/c21-20(15-9-5-2-6-10-15)19-17-12-11-16(13-17)18(19)14-7-3-1-4-8-14/h1-10,16-19H,11-13H2/t16-,17+,18+,19-/m0/s1. The second-order valence-corrected chi connectivity index (χ2v) is 6.53. The Morgan fingerprint density at radius 3 is 2.14 bits per heavy atom. The summed E-state index contributed by atoms with van der Waals surface area (Å²) in [6, 6.07) is 20.5. The van der Waals surface area contributed by atoms with Crippen LogP contribution in [0.15, 0.2) is 60.7 Å². The second-order valence-electron chi connectivity index (χ2n) is 6.53. The van der Waals surface area contributed by atoms with Crippen molar-refractivity contribution in [2.24, 2.45) is 17.8 Å². The molecule has 2 aliphatic carbocycles. The maximum atomic E-state index is 13.0. The molecule has 106 valence electrons. The van der Waals surface area contributed by atoms with Crippen molar-refractivity contribution in [1.82, 2.24) is 0 Å². The minimum Gasteiger partial charge on any atom is -0.294 e. The van der Waals surface area contributed by atoms with Crippen molar-refractivity contribution in [1.29, 1.82) is 0 Å². The Morgan fingerprint density at radius 2 is 1.43 bits per heavy atom. The predicted molar refractivity (Wildman–Crippen MR) is 84.3 cm³/mol. The number of ketones is 1. The molecule has 0 spiro atoms. The quantitative estimate of drug-likeness (QED) is 0.743. The maximum absolute atomic E-state index is 13.0. The van der Waals surface area contributed by atoms with Gasteiger partial charge in [-0.05, 0) is 42.6 Å². The average molecular weight is 276 g/mol. The number of carbonyl (C=O) groups excluding carboxylic acids is 1. The Morgan fingerprint density at radius 1 is 0.810 bits per heavy atom. The van der Waals surface area contributed by atoms with Crippen molar-refractivity contribution >= 4 is 5.78 Å². The van der Waals surface area contributed by atoms with Crippen LogP contribution in [0.4, 0.5) is 0 Å². The molecule has 2 bridgehead atoms. The first kappa shape index (κ1) is 12.8. The van der Waals surface area contributed by atoms with Crippen LogP contribution in [0.5, 0.6) is 0 Å². The summed E-state index contributed by atoms with van der Waals surface area (Å²) in [5, 5.41) is 0. The molecule has 0 saturated heterocycles. The topological polar surface area (TPSA) is 17.1 Å². The first-order chi connectivity index (χ1) is 10.3. The van der Waals surface area contributed by atoms with Gasteiger partial charge < -0.3 is 0 Å². The van der Waals surface area contributed by atoms with Crippen molar-refractivity contribution in [3.63, 3.8) is 0 Å². The SMILES string of the molecule is O=C(c1ccccc1)[C@H]1[C@@H]2CC[C@@H](C2)[C@H]1c1ccccc1. The fraction of sp³-hybridized carbons (Fsp3) is 0.350. The van der Waals surface area contributed by atoms with Gasteiger partial charge in [0.2, 0.25) is 0 Å². The minimum absolute atomic E-state index is 0.188. The molecule has 1 heteroatoms. The van der Waals surface area contributed by atoms with E-state index in [0.29, 0.717) is 23.5 Å². The molecule has 0 N–H and O–H groups in total. The summed E-state index contributed by atoms with van der Waals surface area (Å²) in [4.78, 5) is 13.0. The summed E-state index contributed by atoms with van der Waals surface area (Å²) < 4.78 is 0. The van der Waals surface area contributed by atoms with Gasteiger partial charge in [0, 0.05) is 11.5 Å². The molecule has 21 heavy (non-hydrogen) atoms. The molecule has 4 atom stereocenters. The van der Waals surface area contributed by atoms with Gasteiger partial charge in [0.05, 0.1) is 0 Å². The molecular formula is C20H20O. The van der Waals surface area contributed by atoms with Crippen LogP contribution in [0, 0.1) is 17.8 Å². The van der Waals surface area contributed by atoms with Crippen molar-refractivity contribution < 1.29 is 4.79 Å². The van der Waals surface area contributed by atoms with E-state index in [1.165, 1.54) is 24.8 Å². The highest BCUT2D eigenvalue weighted by Crippen LogP contribution is 2.57. The summed E-state index contributed by atoms with van der Waals surface area (Å²) >= 11 is 0. The van der Waals surface area contributed by atoms with Crippen LogP contribution in [-0.2, 0) is 0 Å². The number of rotatable bonds is 3. The first-order valence-electron chi connectivity index (χ1n) is 7.99. The number of carbonyl (C=O) groups is 1. The van der Waals surface area contributed by atoms with Crippen molar-refractivity contribution in [3.05, 3.63) is 71.8 Å². The highest BCUT2D eigenvalue weighted by molar-refractivity contribution is 5.99. The lowest BCUT2D eigenvalue weighted by Gasteiger charge is -2.30. The fourth-order valence-corrected chi connectivity index (χ4v) is 4.62. The van der Waals surface area contributed by atoms with Crippen LogP contribution < -0.4 is 0 Å². The molecule has 2 fully saturated rings. The zero-order valence-corrected chi connectivity index (χ0v) is 12.1. The number of Topliss-reactive ketones (excluding diaryl/α,β-unsaturated/α-hetero) is 1. The Balaban J connectivity index is 1.71. The Kier molecular flexibility index (Phi) is 3.14. The van der Waals surface area contributed by atoms with Crippen LogP contribution in [0.1, 0.15) is 41.1 Å². The monoisotopic (exact) mass is 276 g/mol. The van der Waals surface area contributed by atoms with Crippen LogP contribution in [-0.4, -0.2) is 5.78 Å². The molecule has 2 aromatic carbocycles. The number of benzene rings is 2. The van der Waals surface area contributed by atoms with Crippen LogP contribution in [0.2, 0.25) is 0 Å². The van der Waals surface area contributed by atoms with E-state index >= 15 is 0 Å². The van der Waals surface area contributed by atoms with Crippen LogP contribution >= 0.6 is 0 Å². The van der Waals surface area contributed by atoms with E-state index in [1.807, 2.05) is 30.3 Å². The summed E-state index contributed by atoms with van der Waals surface area (Å²) in [7, 11) is 0. The van der Waals surface area contributed by atoms with Gasteiger partial charge >= 0.3 is 0 Å². The molecule has 0 radical (unpaired) electrons. The van der Waals surface area contributed by atoms with E-state index in [1.54, 1.807) is 0 Å². The van der Waals surface area contributed by atoms with E-state index < -0.39 is 0 Å².